The molecule has 0 fully saturated rings. The van der Waals surface area contributed by atoms with E-state index in [9.17, 15) is 9.59 Å². The SMILES string of the molecule is CCOc1ccc(CC(=O)Nc2ccc3c(c2)N(CC)C(=O)CO3)cc1. The molecule has 1 N–H and O–H groups in total. The molecule has 2 aromatic carbocycles. The fraction of sp³-hybridized carbons (Fsp3) is 0.300. The maximum atomic E-state index is 12.3. The molecule has 0 saturated heterocycles. The number of ether oxygens (including phenoxy) is 2. The van der Waals surface area contributed by atoms with Gasteiger partial charge in [-0.3, -0.25) is 9.59 Å². The van der Waals surface area contributed by atoms with Crippen LogP contribution in [0, 0.1) is 0 Å². The van der Waals surface area contributed by atoms with Crippen LogP contribution in [0.1, 0.15) is 19.4 Å². The Hall–Kier alpha value is -3.02. The van der Waals surface area contributed by atoms with Gasteiger partial charge in [-0.15, -0.1) is 0 Å². The second-order valence-electron chi connectivity index (χ2n) is 5.91. The van der Waals surface area contributed by atoms with Crippen molar-refractivity contribution in [2.75, 3.05) is 30.0 Å². The summed E-state index contributed by atoms with van der Waals surface area (Å²) in [5, 5.41) is 2.88. The van der Waals surface area contributed by atoms with E-state index in [1.807, 2.05) is 38.1 Å². The summed E-state index contributed by atoms with van der Waals surface area (Å²) in [5.74, 6) is 1.23. The fourth-order valence-electron chi connectivity index (χ4n) is 2.89. The number of hydrogen-bond acceptors (Lipinski definition) is 4. The van der Waals surface area contributed by atoms with Crippen LogP contribution in [-0.2, 0) is 16.0 Å². The first-order valence-electron chi connectivity index (χ1n) is 8.69. The molecule has 0 radical (unpaired) electrons. The number of fused-ring (bicyclic) bond motifs is 1. The summed E-state index contributed by atoms with van der Waals surface area (Å²) in [6, 6.07) is 12.8. The summed E-state index contributed by atoms with van der Waals surface area (Å²) in [6.45, 7) is 5.05. The zero-order valence-corrected chi connectivity index (χ0v) is 15.0. The summed E-state index contributed by atoms with van der Waals surface area (Å²) < 4.78 is 10.8. The summed E-state index contributed by atoms with van der Waals surface area (Å²) in [6.07, 6.45) is 0.260. The molecule has 6 heteroatoms. The van der Waals surface area contributed by atoms with E-state index < -0.39 is 0 Å². The Kier molecular flexibility index (Phi) is 5.41. The minimum absolute atomic E-state index is 0.0459. The van der Waals surface area contributed by atoms with Crippen molar-refractivity contribution in [1.29, 1.82) is 0 Å². The highest BCUT2D eigenvalue weighted by atomic mass is 16.5. The molecule has 136 valence electrons. The first-order valence-corrected chi connectivity index (χ1v) is 8.69. The number of nitrogens with zero attached hydrogens (tertiary/aromatic N) is 1. The molecule has 1 heterocycles. The average molecular weight is 354 g/mol. The van der Waals surface area contributed by atoms with E-state index in [4.69, 9.17) is 9.47 Å². The first kappa shape index (κ1) is 17.8. The predicted octanol–water partition coefficient (Wildman–Crippen LogP) is 3.01. The van der Waals surface area contributed by atoms with E-state index in [0.717, 1.165) is 11.3 Å². The summed E-state index contributed by atoms with van der Waals surface area (Å²) in [5.41, 5.74) is 2.22. The number of likely N-dealkylation sites (N-methyl/N-ethyl adjacent to an activating group) is 1. The molecule has 26 heavy (non-hydrogen) atoms. The number of hydrogen-bond donors (Lipinski definition) is 1. The maximum absolute atomic E-state index is 12.3. The van der Waals surface area contributed by atoms with Crippen molar-refractivity contribution in [2.45, 2.75) is 20.3 Å². The number of nitrogens with one attached hydrogen (secondary N) is 1. The second-order valence-corrected chi connectivity index (χ2v) is 5.91. The number of benzene rings is 2. The van der Waals surface area contributed by atoms with Gasteiger partial charge in [0.15, 0.2) is 6.61 Å². The number of amides is 2. The Morgan fingerprint density at radius 1 is 1.19 bits per heavy atom. The quantitative estimate of drug-likeness (QED) is 0.866. The lowest BCUT2D eigenvalue weighted by Gasteiger charge is -2.28. The number of carbonyl (C=O) groups is 2. The lowest BCUT2D eigenvalue weighted by atomic mass is 10.1. The lowest BCUT2D eigenvalue weighted by Crippen LogP contribution is -2.38. The predicted molar refractivity (Wildman–Crippen MR) is 99.9 cm³/mol. The molecule has 6 nitrogen and oxygen atoms in total. The normalized spacial score (nSPS) is 13.0. The van der Waals surface area contributed by atoms with Crippen molar-refractivity contribution in [1.82, 2.24) is 0 Å². The van der Waals surface area contributed by atoms with Gasteiger partial charge in [0.05, 0.1) is 18.7 Å². The first-order chi connectivity index (χ1) is 12.6. The van der Waals surface area contributed by atoms with Crippen LogP contribution in [0.3, 0.4) is 0 Å². The monoisotopic (exact) mass is 354 g/mol. The van der Waals surface area contributed by atoms with Gasteiger partial charge in [0.25, 0.3) is 5.91 Å². The zero-order valence-electron chi connectivity index (χ0n) is 15.0. The van der Waals surface area contributed by atoms with Gasteiger partial charge < -0.3 is 19.7 Å². The molecule has 0 atom stereocenters. The zero-order chi connectivity index (χ0) is 18.5. The van der Waals surface area contributed by atoms with Crippen molar-refractivity contribution >= 4 is 23.2 Å². The highest BCUT2D eigenvalue weighted by Gasteiger charge is 2.24. The Balaban J connectivity index is 1.68. The molecule has 2 amide bonds. The third kappa shape index (κ3) is 3.96. The van der Waals surface area contributed by atoms with E-state index in [0.29, 0.717) is 30.3 Å². The highest BCUT2D eigenvalue weighted by Crippen LogP contribution is 2.34. The fourth-order valence-corrected chi connectivity index (χ4v) is 2.89. The Labute approximate surface area is 152 Å². The van der Waals surface area contributed by atoms with E-state index in [-0.39, 0.29) is 24.8 Å². The van der Waals surface area contributed by atoms with Gasteiger partial charge in [0, 0.05) is 12.2 Å². The molecule has 0 saturated carbocycles. The number of anilines is 2. The second kappa shape index (κ2) is 7.91. The van der Waals surface area contributed by atoms with Gasteiger partial charge in [-0.25, -0.2) is 0 Å². The van der Waals surface area contributed by atoms with Gasteiger partial charge in [-0.05, 0) is 49.7 Å². The van der Waals surface area contributed by atoms with Crippen LogP contribution in [0.25, 0.3) is 0 Å². The molecule has 1 aliphatic heterocycles. The topological polar surface area (TPSA) is 67.9 Å². The third-order valence-electron chi connectivity index (χ3n) is 4.10. The van der Waals surface area contributed by atoms with E-state index >= 15 is 0 Å². The van der Waals surface area contributed by atoms with Crippen LogP contribution in [0.5, 0.6) is 11.5 Å². The van der Waals surface area contributed by atoms with Crippen molar-refractivity contribution in [3.63, 3.8) is 0 Å². The molecule has 0 bridgehead atoms. The molecule has 0 aromatic heterocycles. The summed E-state index contributed by atoms with van der Waals surface area (Å²) in [7, 11) is 0. The molecule has 1 aliphatic rings. The average Bonchev–Trinajstić information content (AvgIpc) is 2.63. The molecule has 0 spiro atoms. The number of carbonyl (C=O) groups excluding carboxylic acids is 2. The summed E-state index contributed by atoms with van der Waals surface area (Å²) >= 11 is 0. The molecule has 0 unspecified atom stereocenters. The minimum Gasteiger partial charge on any atom is -0.494 e. The van der Waals surface area contributed by atoms with Crippen LogP contribution < -0.4 is 19.7 Å². The lowest BCUT2D eigenvalue weighted by molar-refractivity contribution is -0.121. The van der Waals surface area contributed by atoms with Crippen LogP contribution >= 0.6 is 0 Å². The molecular weight excluding hydrogens is 332 g/mol. The van der Waals surface area contributed by atoms with Crippen molar-refractivity contribution < 1.29 is 19.1 Å². The molecule has 3 rings (SSSR count). The largest absolute Gasteiger partial charge is 0.494 e. The maximum Gasteiger partial charge on any atom is 0.265 e. The van der Waals surface area contributed by atoms with Gasteiger partial charge in [0.2, 0.25) is 5.91 Å². The van der Waals surface area contributed by atoms with Gasteiger partial charge in [-0.2, -0.15) is 0 Å². The van der Waals surface area contributed by atoms with Gasteiger partial charge in [-0.1, -0.05) is 12.1 Å². The van der Waals surface area contributed by atoms with E-state index in [1.165, 1.54) is 0 Å². The Morgan fingerprint density at radius 3 is 2.65 bits per heavy atom. The van der Waals surface area contributed by atoms with Crippen LogP contribution in [0.4, 0.5) is 11.4 Å². The molecule has 2 aromatic rings. The summed E-state index contributed by atoms with van der Waals surface area (Å²) in [4.78, 5) is 25.9. The molecular formula is C20H22N2O4. The van der Waals surface area contributed by atoms with Crippen molar-refractivity contribution in [2.24, 2.45) is 0 Å². The van der Waals surface area contributed by atoms with Crippen LogP contribution in [-0.4, -0.2) is 31.6 Å². The standard InChI is InChI=1S/C20H22N2O4/c1-3-22-17-12-15(7-10-18(17)26-13-20(22)24)21-19(23)11-14-5-8-16(9-6-14)25-4-2/h5-10,12H,3-4,11,13H2,1-2H3,(H,21,23). The van der Waals surface area contributed by atoms with E-state index in [1.54, 1.807) is 23.1 Å². The third-order valence-corrected chi connectivity index (χ3v) is 4.10. The van der Waals surface area contributed by atoms with Crippen LogP contribution in [0.2, 0.25) is 0 Å². The molecule has 0 aliphatic carbocycles. The Bertz CT molecular complexity index is 802. The van der Waals surface area contributed by atoms with Crippen molar-refractivity contribution in [3.05, 3.63) is 48.0 Å². The highest BCUT2D eigenvalue weighted by molar-refractivity contribution is 5.99. The van der Waals surface area contributed by atoms with Crippen molar-refractivity contribution in [3.8, 4) is 11.5 Å². The van der Waals surface area contributed by atoms with Gasteiger partial charge >= 0.3 is 0 Å². The smallest absolute Gasteiger partial charge is 0.265 e. The number of rotatable bonds is 6. The minimum atomic E-state index is -0.125. The Morgan fingerprint density at radius 2 is 1.96 bits per heavy atom. The van der Waals surface area contributed by atoms with E-state index in [2.05, 4.69) is 5.32 Å². The van der Waals surface area contributed by atoms with Crippen LogP contribution in [0.15, 0.2) is 42.5 Å². The van der Waals surface area contributed by atoms with Gasteiger partial charge in [0.1, 0.15) is 11.5 Å².